The van der Waals surface area contributed by atoms with E-state index in [4.69, 9.17) is 4.42 Å². The topological polar surface area (TPSA) is 80.9 Å². The highest BCUT2D eigenvalue weighted by atomic mass is 32.2. The van der Waals surface area contributed by atoms with Crippen LogP contribution in [0.2, 0.25) is 0 Å². The molecule has 0 bridgehead atoms. The van der Waals surface area contributed by atoms with Gasteiger partial charge in [0.1, 0.15) is 5.76 Å². The van der Waals surface area contributed by atoms with Gasteiger partial charge in [-0.3, -0.25) is 10.1 Å². The van der Waals surface area contributed by atoms with Crippen LogP contribution in [0.4, 0.5) is 5.13 Å². The smallest absolute Gasteiger partial charge is 0.293 e. The second-order valence-electron chi connectivity index (χ2n) is 4.78. The van der Waals surface area contributed by atoms with Gasteiger partial charge in [-0.2, -0.15) is 0 Å². The van der Waals surface area contributed by atoms with E-state index < -0.39 is 0 Å². The molecule has 0 aliphatic carbocycles. The van der Waals surface area contributed by atoms with Gasteiger partial charge in [0.15, 0.2) is 16.0 Å². The number of nitrogens with zero attached hydrogens (tertiary/aromatic N) is 3. The summed E-state index contributed by atoms with van der Waals surface area (Å²) in [4.78, 5) is 24.8. The molecule has 118 valence electrons. The standard InChI is InChI=1S/C15H14N4O2S2/c1-9-7-10(2)18-15(17-9)23-8-11-3-4-12(21-11)13(20)19-14-16-5-6-22-14/h3-7H,8H2,1-2H3,(H,16,19,20). The summed E-state index contributed by atoms with van der Waals surface area (Å²) < 4.78 is 5.56. The number of anilines is 1. The number of aromatic nitrogens is 3. The number of carbonyl (C=O) groups excluding carboxylic acids is 1. The summed E-state index contributed by atoms with van der Waals surface area (Å²) >= 11 is 2.83. The molecule has 0 atom stereocenters. The third kappa shape index (κ3) is 4.17. The number of amides is 1. The number of hydrogen-bond donors (Lipinski definition) is 1. The van der Waals surface area contributed by atoms with Crippen molar-refractivity contribution in [2.45, 2.75) is 24.8 Å². The van der Waals surface area contributed by atoms with Gasteiger partial charge < -0.3 is 4.42 Å². The van der Waals surface area contributed by atoms with Gasteiger partial charge in [0.05, 0.1) is 5.75 Å². The van der Waals surface area contributed by atoms with E-state index in [1.807, 2.05) is 19.9 Å². The monoisotopic (exact) mass is 346 g/mol. The molecule has 0 saturated carbocycles. The zero-order valence-electron chi connectivity index (χ0n) is 12.6. The number of rotatable bonds is 5. The summed E-state index contributed by atoms with van der Waals surface area (Å²) in [5.41, 5.74) is 1.87. The largest absolute Gasteiger partial charge is 0.455 e. The van der Waals surface area contributed by atoms with Gasteiger partial charge in [-0.1, -0.05) is 11.8 Å². The van der Waals surface area contributed by atoms with E-state index in [-0.39, 0.29) is 11.7 Å². The first-order valence-corrected chi connectivity index (χ1v) is 8.71. The minimum absolute atomic E-state index is 0.261. The van der Waals surface area contributed by atoms with E-state index >= 15 is 0 Å². The molecular formula is C15H14N4O2S2. The fourth-order valence-corrected chi connectivity index (χ4v) is 3.28. The second kappa shape index (κ2) is 6.93. The van der Waals surface area contributed by atoms with Gasteiger partial charge in [-0.25, -0.2) is 15.0 Å². The first kappa shape index (κ1) is 15.7. The summed E-state index contributed by atoms with van der Waals surface area (Å²) in [6.07, 6.45) is 1.63. The lowest BCUT2D eigenvalue weighted by molar-refractivity contribution is 0.0995. The Bertz CT molecular complexity index is 795. The SMILES string of the molecule is Cc1cc(C)nc(SCc2ccc(C(=O)Nc3nccs3)o2)n1. The van der Waals surface area contributed by atoms with Crippen molar-refractivity contribution in [1.82, 2.24) is 15.0 Å². The van der Waals surface area contributed by atoms with Crippen LogP contribution in [0.5, 0.6) is 0 Å². The molecule has 23 heavy (non-hydrogen) atoms. The summed E-state index contributed by atoms with van der Waals surface area (Å²) in [5, 5.41) is 5.73. The van der Waals surface area contributed by atoms with Gasteiger partial charge >= 0.3 is 0 Å². The molecule has 0 saturated heterocycles. The maximum atomic E-state index is 12.0. The van der Waals surface area contributed by atoms with Crippen LogP contribution in [0.15, 0.2) is 39.3 Å². The Morgan fingerprint density at radius 3 is 2.78 bits per heavy atom. The Morgan fingerprint density at radius 2 is 2.09 bits per heavy atom. The number of thiazole rings is 1. The quantitative estimate of drug-likeness (QED) is 0.560. The number of furan rings is 1. The molecule has 6 nitrogen and oxygen atoms in total. The zero-order valence-corrected chi connectivity index (χ0v) is 14.2. The van der Waals surface area contributed by atoms with Gasteiger partial charge in [-0.05, 0) is 32.0 Å². The molecule has 3 heterocycles. The molecule has 0 spiro atoms. The van der Waals surface area contributed by atoms with Gasteiger partial charge in [0, 0.05) is 23.0 Å². The molecule has 0 aliphatic heterocycles. The van der Waals surface area contributed by atoms with Crippen LogP contribution >= 0.6 is 23.1 Å². The number of thioether (sulfide) groups is 1. The zero-order chi connectivity index (χ0) is 16.2. The fourth-order valence-electron chi connectivity index (χ4n) is 1.92. The maximum absolute atomic E-state index is 12.0. The summed E-state index contributed by atoms with van der Waals surface area (Å²) in [5.74, 6) is 1.21. The molecule has 1 N–H and O–H groups in total. The maximum Gasteiger partial charge on any atom is 0.293 e. The predicted octanol–water partition coefficient (Wildman–Crippen LogP) is 3.69. The van der Waals surface area contributed by atoms with Crippen LogP contribution in [0, 0.1) is 13.8 Å². The van der Waals surface area contributed by atoms with Crippen LogP contribution < -0.4 is 5.32 Å². The lowest BCUT2D eigenvalue weighted by atomic mass is 10.4. The van der Waals surface area contributed by atoms with Crippen molar-refractivity contribution < 1.29 is 9.21 Å². The summed E-state index contributed by atoms with van der Waals surface area (Å²) in [6.45, 7) is 3.87. The molecule has 0 unspecified atom stereocenters. The number of aryl methyl sites for hydroxylation is 2. The molecule has 0 aromatic carbocycles. The lowest BCUT2D eigenvalue weighted by Gasteiger charge is -2.01. The molecule has 1 amide bonds. The number of hydrogen-bond acceptors (Lipinski definition) is 7. The fraction of sp³-hybridized carbons (Fsp3) is 0.200. The Labute approximate surface area is 141 Å². The predicted molar refractivity (Wildman–Crippen MR) is 89.8 cm³/mol. The molecule has 0 fully saturated rings. The van der Waals surface area contributed by atoms with E-state index in [0.717, 1.165) is 11.4 Å². The summed E-state index contributed by atoms with van der Waals surface area (Å²) in [7, 11) is 0. The van der Waals surface area contributed by atoms with E-state index in [1.165, 1.54) is 23.1 Å². The third-order valence-corrected chi connectivity index (χ3v) is 4.40. The van der Waals surface area contributed by atoms with E-state index in [1.54, 1.807) is 23.7 Å². The van der Waals surface area contributed by atoms with Crippen LogP contribution in [-0.4, -0.2) is 20.9 Å². The average Bonchev–Trinajstić information content (AvgIpc) is 3.15. The lowest BCUT2D eigenvalue weighted by Crippen LogP contribution is -2.10. The van der Waals surface area contributed by atoms with Crippen LogP contribution in [0.3, 0.4) is 0 Å². The summed E-state index contributed by atoms with van der Waals surface area (Å²) in [6, 6.07) is 5.37. The van der Waals surface area contributed by atoms with Crippen LogP contribution in [-0.2, 0) is 5.75 Å². The van der Waals surface area contributed by atoms with Gasteiger partial charge in [0.25, 0.3) is 5.91 Å². The normalized spacial score (nSPS) is 10.7. The van der Waals surface area contributed by atoms with Crippen molar-refractivity contribution in [3.8, 4) is 0 Å². The van der Waals surface area contributed by atoms with Crippen molar-refractivity contribution in [2.75, 3.05) is 5.32 Å². The second-order valence-corrected chi connectivity index (χ2v) is 6.62. The van der Waals surface area contributed by atoms with Crippen LogP contribution in [0.1, 0.15) is 27.7 Å². The minimum Gasteiger partial charge on any atom is -0.455 e. The molecular weight excluding hydrogens is 332 g/mol. The van der Waals surface area contributed by atoms with E-state index in [0.29, 0.717) is 21.8 Å². The average molecular weight is 346 g/mol. The minimum atomic E-state index is -0.307. The number of carbonyl (C=O) groups is 1. The Kier molecular flexibility index (Phi) is 4.73. The van der Waals surface area contributed by atoms with E-state index in [9.17, 15) is 4.79 Å². The third-order valence-electron chi connectivity index (χ3n) is 2.84. The van der Waals surface area contributed by atoms with Crippen molar-refractivity contribution in [3.63, 3.8) is 0 Å². The van der Waals surface area contributed by atoms with Gasteiger partial charge in [0.2, 0.25) is 0 Å². The van der Waals surface area contributed by atoms with Crippen molar-refractivity contribution >= 4 is 34.1 Å². The van der Waals surface area contributed by atoms with E-state index in [2.05, 4.69) is 20.3 Å². The highest BCUT2D eigenvalue weighted by Gasteiger charge is 2.13. The Balaban J connectivity index is 1.61. The first-order chi connectivity index (χ1) is 11.1. The highest BCUT2D eigenvalue weighted by Crippen LogP contribution is 2.22. The Morgan fingerprint density at radius 1 is 1.30 bits per heavy atom. The molecule has 0 aliphatic rings. The molecule has 3 rings (SSSR count). The highest BCUT2D eigenvalue weighted by molar-refractivity contribution is 7.98. The molecule has 3 aromatic rings. The van der Waals surface area contributed by atoms with Crippen LogP contribution in [0.25, 0.3) is 0 Å². The molecule has 8 heteroatoms. The number of nitrogens with one attached hydrogen (secondary N) is 1. The van der Waals surface area contributed by atoms with Gasteiger partial charge in [-0.15, -0.1) is 11.3 Å². The first-order valence-electron chi connectivity index (χ1n) is 6.85. The molecule has 0 radical (unpaired) electrons. The van der Waals surface area contributed by atoms with Crippen molar-refractivity contribution in [2.24, 2.45) is 0 Å². The van der Waals surface area contributed by atoms with Crippen molar-refractivity contribution in [1.29, 1.82) is 0 Å². The Hall–Kier alpha value is -2.19. The van der Waals surface area contributed by atoms with Crippen molar-refractivity contribution in [3.05, 3.63) is 52.7 Å². The molecule has 3 aromatic heterocycles.